The third-order valence-electron chi connectivity index (χ3n) is 4.42. The molecule has 29 heavy (non-hydrogen) atoms. The number of nitrogens with one attached hydrogen (secondary N) is 1. The van der Waals surface area contributed by atoms with Crippen LogP contribution in [-0.2, 0) is 11.3 Å². The lowest BCUT2D eigenvalue weighted by atomic mass is 10.2. The van der Waals surface area contributed by atoms with Crippen LogP contribution in [0.5, 0.6) is 11.5 Å². The number of anilines is 1. The summed E-state index contributed by atoms with van der Waals surface area (Å²) in [5.41, 5.74) is 2.17. The van der Waals surface area contributed by atoms with Gasteiger partial charge in [0.15, 0.2) is 0 Å². The van der Waals surface area contributed by atoms with Gasteiger partial charge in [0.2, 0.25) is 5.91 Å². The van der Waals surface area contributed by atoms with Gasteiger partial charge in [0, 0.05) is 12.2 Å². The zero-order chi connectivity index (χ0) is 20.3. The highest BCUT2D eigenvalue weighted by Crippen LogP contribution is 2.17. The van der Waals surface area contributed by atoms with E-state index in [0.717, 1.165) is 22.7 Å². The Morgan fingerprint density at radius 2 is 1.48 bits per heavy atom. The Balaban J connectivity index is 1.50. The normalized spacial score (nSPS) is 10.2. The first-order chi connectivity index (χ1) is 14.2. The third-order valence-corrected chi connectivity index (χ3v) is 4.42. The van der Waals surface area contributed by atoms with Crippen LogP contribution in [0.25, 0.3) is 0 Å². The molecule has 0 heterocycles. The summed E-state index contributed by atoms with van der Waals surface area (Å²) in [6.07, 6.45) is 0. The second-order valence-corrected chi connectivity index (χ2v) is 6.55. The van der Waals surface area contributed by atoms with E-state index in [1.807, 2.05) is 72.8 Å². The molecule has 3 rings (SSSR count). The topological polar surface area (TPSA) is 50.8 Å². The van der Waals surface area contributed by atoms with E-state index in [1.54, 1.807) is 7.11 Å². The Morgan fingerprint density at radius 1 is 0.862 bits per heavy atom. The van der Waals surface area contributed by atoms with E-state index in [-0.39, 0.29) is 12.5 Å². The van der Waals surface area contributed by atoms with Crippen LogP contribution in [0.15, 0.2) is 84.9 Å². The number of methoxy groups -OCH3 is 1. The Kier molecular flexibility index (Phi) is 7.52. The molecule has 0 aliphatic rings. The summed E-state index contributed by atoms with van der Waals surface area (Å²) in [6.45, 7) is 1.79. The maximum absolute atomic E-state index is 12.5. The summed E-state index contributed by atoms with van der Waals surface area (Å²) in [6, 6.07) is 27.5. The largest absolute Gasteiger partial charge is 0.497 e. The molecule has 0 atom stereocenters. The molecule has 0 unspecified atom stereocenters. The van der Waals surface area contributed by atoms with Crippen molar-refractivity contribution in [2.45, 2.75) is 6.54 Å². The van der Waals surface area contributed by atoms with Crippen LogP contribution in [0.3, 0.4) is 0 Å². The molecule has 1 amide bonds. The molecule has 0 aromatic heterocycles. The summed E-state index contributed by atoms with van der Waals surface area (Å²) in [5, 5.41) is 2.93. The zero-order valence-electron chi connectivity index (χ0n) is 16.6. The van der Waals surface area contributed by atoms with Crippen LogP contribution >= 0.6 is 0 Å². The first kappa shape index (κ1) is 20.3. The van der Waals surface area contributed by atoms with Crippen molar-refractivity contribution in [1.29, 1.82) is 0 Å². The lowest BCUT2D eigenvalue weighted by Crippen LogP contribution is -2.38. The van der Waals surface area contributed by atoms with Crippen LogP contribution < -0.4 is 19.7 Å². The molecule has 0 aliphatic heterocycles. The Hall–Kier alpha value is -3.47. The predicted molar refractivity (Wildman–Crippen MR) is 115 cm³/mol. The number of carbonyl (C=O) groups is 1. The first-order valence-electron chi connectivity index (χ1n) is 9.62. The zero-order valence-corrected chi connectivity index (χ0v) is 16.6. The standard InChI is InChI=1S/C24H26N2O3/c1-28-22-12-14-23(15-13-22)29-17-16-25-24(27)19-26(21-10-6-3-7-11-21)18-20-8-4-2-5-9-20/h2-15H,16-19H2,1H3,(H,25,27). The van der Waals surface area contributed by atoms with Gasteiger partial charge in [-0.05, 0) is 42.0 Å². The van der Waals surface area contributed by atoms with Gasteiger partial charge in [0.05, 0.1) is 20.2 Å². The molecule has 0 aliphatic carbocycles. The highest BCUT2D eigenvalue weighted by Gasteiger charge is 2.12. The van der Waals surface area contributed by atoms with Crippen molar-refractivity contribution < 1.29 is 14.3 Å². The lowest BCUT2D eigenvalue weighted by molar-refractivity contribution is -0.119. The molecule has 0 spiro atoms. The van der Waals surface area contributed by atoms with Crippen LogP contribution in [0.4, 0.5) is 5.69 Å². The molecule has 3 aromatic rings. The minimum atomic E-state index is -0.0388. The SMILES string of the molecule is COc1ccc(OCCNC(=O)CN(Cc2ccccc2)c2ccccc2)cc1. The molecule has 5 heteroatoms. The fraction of sp³-hybridized carbons (Fsp3) is 0.208. The van der Waals surface area contributed by atoms with Crippen LogP contribution in [0.2, 0.25) is 0 Å². The fourth-order valence-corrected chi connectivity index (χ4v) is 2.94. The van der Waals surface area contributed by atoms with Gasteiger partial charge in [-0.3, -0.25) is 4.79 Å². The number of benzene rings is 3. The highest BCUT2D eigenvalue weighted by molar-refractivity contribution is 5.81. The smallest absolute Gasteiger partial charge is 0.239 e. The van der Waals surface area contributed by atoms with Crippen molar-refractivity contribution >= 4 is 11.6 Å². The van der Waals surface area contributed by atoms with Crippen LogP contribution in [0.1, 0.15) is 5.56 Å². The molecule has 0 saturated carbocycles. The Bertz CT molecular complexity index is 868. The van der Waals surface area contributed by atoms with Crippen molar-refractivity contribution in [3.63, 3.8) is 0 Å². The second-order valence-electron chi connectivity index (χ2n) is 6.55. The van der Waals surface area contributed by atoms with Crippen molar-refractivity contribution in [1.82, 2.24) is 5.32 Å². The summed E-state index contributed by atoms with van der Waals surface area (Å²) < 4.78 is 10.8. The molecule has 0 bridgehead atoms. The average Bonchev–Trinajstić information content (AvgIpc) is 2.78. The Labute approximate surface area is 171 Å². The number of amides is 1. The number of ether oxygens (including phenoxy) is 2. The lowest BCUT2D eigenvalue weighted by Gasteiger charge is -2.24. The van der Waals surface area contributed by atoms with Gasteiger partial charge < -0.3 is 19.7 Å². The van der Waals surface area contributed by atoms with Crippen molar-refractivity contribution in [2.24, 2.45) is 0 Å². The average molecular weight is 390 g/mol. The summed E-state index contributed by atoms with van der Waals surface area (Å²) >= 11 is 0. The molecule has 0 fully saturated rings. The van der Waals surface area contributed by atoms with Crippen molar-refractivity contribution in [3.8, 4) is 11.5 Å². The maximum atomic E-state index is 12.5. The number of para-hydroxylation sites is 1. The predicted octanol–water partition coefficient (Wildman–Crippen LogP) is 3.90. The van der Waals surface area contributed by atoms with E-state index in [0.29, 0.717) is 19.7 Å². The fourth-order valence-electron chi connectivity index (χ4n) is 2.94. The molecule has 5 nitrogen and oxygen atoms in total. The highest BCUT2D eigenvalue weighted by atomic mass is 16.5. The monoisotopic (exact) mass is 390 g/mol. The third kappa shape index (κ3) is 6.57. The van der Waals surface area contributed by atoms with Gasteiger partial charge >= 0.3 is 0 Å². The van der Waals surface area contributed by atoms with E-state index in [9.17, 15) is 4.79 Å². The van der Waals surface area contributed by atoms with E-state index in [1.165, 1.54) is 0 Å². The molecule has 0 saturated heterocycles. The van der Waals surface area contributed by atoms with Gasteiger partial charge in [0.25, 0.3) is 0 Å². The van der Waals surface area contributed by atoms with Crippen molar-refractivity contribution in [2.75, 3.05) is 31.7 Å². The number of rotatable bonds is 10. The van der Waals surface area contributed by atoms with E-state index >= 15 is 0 Å². The summed E-state index contributed by atoms with van der Waals surface area (Å²) in [7, 11) is 1.63. The van der Waals surface area contributed by atoms with E-state index in [4.69, 9.17) is 9.47 Å². The van der Waals surface area contributed by atoms with Gasteiger partial charge in [-0.2, -0.15) is 0 Å². The van der Waals surface area contributed by atoms with Gasteiger partial charge in [-0.1, -0.05) is 48.5 Å². The van der Waals surface area contributed by atoms with E-state index < -0.39 is 0 Å². The number of carbonyl (C=O) groups excluding carboxylic acids is 1. The molecule has 0 radical (unpaired) electrons. The molecular weight excluding hydrogens is 364 g/mol. The Morgan fingerprint density at radius 3 is 2.14 bits per heavy atom. The quantitative estimate of drug-likeness (QED) is 0.534. The molecule has 3 aromatic carbocycles. The molecular formula is C24H26N2O3. The van der Waals surface area contributed by atoms with Gasteiger partial charge in [-0.15, -0.1) is 0 Å². The van der Waals surface area contributed by atoms with Gasteiger partial charge in [0.1, 0.15) is 18.1 Å². The van der Waals surface area contributed by atoms with Crippen molar-refractivity contribution in [3.05, 3.63) is 90.5 Å². The summed E-state index contributed by atoms with van der Waals surface area (Å²) in [4.78, 5) is 14.6. The second kappa shape index (κ2) is 10.8. The molecule has 150 valence electrons. The van der Waals surface area contributed by atoms with Crippen LogP contribution in [-0.4, -0.2) is 32.7 Å². The summed E-state index contributed by atoms with van der Waals surface area (Å²) in [5.74, 6) is 1.49. The molecule has 1 N–H and O–H groups in total. The van der Waals surface area contributed by atoms with E-state index in [2.05, 4.69) is 22.3 Å². The first-order valence-corrected chi connectivity index (χ1v) is 9.62. The minimum absolute atomic E-state index is 0.0388. The number of hydrogen-bond acceptors (Lipinski definition) is 4. The number of nitrogens with zero attached hydrogens (tertiary/aromatic N) is 1. The number of hydrogen-bond donors (Lipinski definition) is 1. The van der Waals surface area contributed by atoms with Crippen LogP contribution in [0, 0.1) is 0 Å². The van der Waals surface area contributed by atoms with Gasteiger partial charge in [-0.25, -0.2) is 0 Å². The maximum Gasteiger partial charge on any atom is 0.239 e. The minimum Gasteiger partial charge on any atom is -0.497 e.